The van der Waals surface area contributed by atoms with Gasteiger partial charge in [0, 0.05) is 24.6 Å². The molecule has 0 saturated carbocycles. The molecule has 4 heteroatoms. The molecule has 0 amide bonds. The first-order valence-electron chi connectivity index (χ1n) is 11.9. The standard InChI is InChI=1S/C29H38N2OS/c1-33-22-19-29(30,18-21-32-23-25-11-5-2-6-12-25)24-31-20-17-28(26-13-7-3-8-14-26)27-15-9-4-10-16-27/h2-16,28,31H,17-24,30H2,1H3. The van der Waals surface area contributed by atoms with Gasteiger partial charge in [-0.25, -0.2) is 0 Å². The summed E-state index contributed by atoms with van der Waals surface area (Å²) in [6.45, 7) is 3.05. The number of nitrogens with one attached hydrogen (secondary N) is 1. The van der Waals surface area contributed by atoms with Gasteiger partial charge in [0.2, 0.25) is 0 Å². The zero-order valence-electron chi connectivity index (χ0n) is 19.8. The lowest BCUT2D eigenvalue weighted by Crippen LogP contribution is -2.50. The van der Waals surface area contributed by atoms with Crippen molar-refractivity contribution in [3.63, 3.8) is 0 Å². The zero-order valence-corrected chi connectivity index (χ0v) is 20.6. The first-order chi connectivity index (χ1) is 16.2. The van der Waals surface area contributed by atoms with Crippen molar-refractivity contribution in [2.45, 2.75) is 37.3 Å². The van der Waals surface area contributed by atoms with Gasteiger partial charge >= 0.3 is 0 Å². The molecular weight excluding hydrogens is 424 g/mol. The molecule has 0 aliphatic carbocycles. The Bertz CT molecular complexity index is 852. The molecule has 0 aliphatic heterocycles. The molecule has 3 rings (SSSR count). The Balaban J connectivity index is 1.50. The van der Waals surface area contributed by atoms with Gasteiger partial charge in [0.15, 0.2) is 0 Å². The molecule has 176 valence electrons. The number of rotatable bonds is 15. The van der Waals surface area contributed by atoms with Crippen LogP contribution in [-0.2, 0) is 11.3 Å². The molecule has 0 heterocycles. The summed E-state index contributed by atoms with van der Waals surface area (Å²) in [6, 6.07) is 31.9. The van der Waals surface area contributed by atoms with Gasteiger partial charge < -0.3 is 15.8 Å². The van der Waals surface area contributed by atoms with E-state index in [4.69, 9.17) is 10.5 Å². The van der Waals surface area contributed by atoms with Crippen molar-refractivity contribution >= 4 is 11.8 Å². The Kier molecular flexibility index (Phi) is 11.0. The lowest BCUT2D eigenvalue weighted by atomic mass is 9.88. The molecule has 0 aromatic heterocycles. The smallest absolute Gasteiger partial charge is 0.0716 e. The van der Waals surface area contributed by atoms with E-state index in [-0.39, 0.29) is 5.54 Å². The Hall–Kier alpha value is -2.11. The van der Waals surface area contributed by atoms with Crippen LogP contribution in [0.25, 0.3) is 0 Å². The third-order valence-electron chi connectivity index (χ3n) is 6.15. The highest BCUT2D eigenvalue weighted by molar-refractivity contribution is 7.98. The largest absolute Gasteiger partial charge is 0.377 e. The van der Waals surface area contributed by atoms with Gasteiger partial charge in [0.1, 0.15) is 0 Å². The summed E-state index contributed by atoms with van der Waals surface area (Å²) in [5, 5.41) is 3.67. The molecule has 1 unspecified atom stereocenters. The molecule has 1 atom stereocenters. The van der Waals surface area contributed by atoms with Crippen LogP contribution in [0.5, 0.6) is 0 Å². The van der Waals surface area contributed by atoms with E-state index in [1.807, 2.05) is 30.0 Å². The van der Waals surface area contributed by atoms with Crippen molar-refractivity contribution in [1.29, 1.82) is 0 Å². The van der Waals surface area contributed by atoms with Gasteiger partial charge in [-0.2, -0.15) is 11.8 Å². The Labute approximate surface area is 204 Å². The number of thioether (sulfide) groups is 1. The first kappa shape index (κ1) is 25.5. The van der Waals surface area contributed by atoms with E-state index < -0.39 is 0 Å². The summed E-state index contributed by atoms with van der Waals surface area (Å²) in [5.41, 5.74) is 10.5. The van der Waals surface area contributed by atoms with Gasteiger partial charge in [-0.1, -0.05) is 91.0 Å². The van der Waals surface area contributed by atoms with Crippen molar-refractivity contribution in [3.8, 4) is 0 Å². The molecule has 0 aliphatic rings. The highest BCUT2D eigenvalue weighted by Gasteiger charge is 2.24. The maximum absolute atomic E-state index is 6.85. The fraction of sp³-hybridized carbons (Fsp3) is 0.379. The van der Waals surface area contributed by atoms with E-state index in [2.05, 4.69) is 84.4 Å². The number of benzene rings is 3. The minimum Gasteiger partial charge on any atom is -0.377 e. The quantitative estimate of drug-likeness (QED) is 0.278. The van der Waals surface area contributed by atoms with Gasteiger partial charge in [-0.3, -0.25) is 0 Å². The van der Waals surface area contributed by atoms with Crippen LogP contribution in [0.1, 0.15) is 41.9 Å². The fourth-order valence-electron chi connectivity index (χ4n) is 4.13. The molecule has 0 bridgehead atoms. The molecule has 3 aromatic carbocycles. The minimum absolute atomic E-state index is 0.255. The molecule has 0 fully saturated rings. The average Bonchev–Trinajstić information content (AvgIpc) is 2.87. The summed E-state index contributed by atoms with van der Waals surface area (Å²) >= 11 is 1.85. The number of ether oxygens (including phenoxy) is 1. The maximum Gasteiger partial charge on any atom is 0.0716 e. The van der Waals surface area contributed by atoms with Crippen LogP contribution in [0, 0.1) is 0 Å². The lowest BCUT2D eigenvalue weighted by molar-refractivity contribution is 0.101. The molecule has 3 nitrogen and oxygen atoms in total. The van der Waals surface area contributed by atoms with Crippen molar-refractivity contribution in [3.05, 3.63) is 108 Å². The summed E-state index contributed by atoms with van der Waals surface area (Å²) in [7, 11) is 0. The van der Waals surface area contributed by atoms with E-state index >= 15 is 0 Å². The van der Waals surface area contributed by atoms with E-state index in [9.17, 15) is 0 Å². The second-order valence-corrected chi connectivity index (χ2v) is 9.72. The van der Waals surface area contributed by atoms with Crippen LogP contribution in [0.2, 0.25) is 0 Å². The average molecular weight is 463 g/mol. The maximum atomic E-state index is 6.85. The SMILES string of the molecule is CSCCC(N)(CCOCc1ccccc1)CNCCC(c1ccccc1)c1ccccc1. The normalized spacial score (nSPS) is 13.2. The van der Waals surface area contributed by atoms with E-state index in [0.717, 1.165) is 38.1 Å². The van der Waals surface area contributed by atoms with E-state index in [1.54, 1.807) is 0 Å². The summed E-state index contributed by atoms with van der Waals surface area (Å²) in [5.74, 6) is 1.44. The van der Waals surface area contributed by atoms with Crippen LogP contribution < -0.4 is 11.1 Å². The van der Waals surface area contributed by atoms with E-state index in [0.29, 0.717) is 19.1 Å². The Morgan fingerprint density at radius 2 is 1.42 bits per heavy atom. The molecule has 0 radical (unpaired) electrons. The van der Waals surface area contributed by atoms with Crippen LogP contribution in [0.4, 0.5) is 0 Å². The van der Waals surface area contributed by atoms with Crippen molar-refractivity contribution < 1.29 is 4.74 Å². The van der Waals surface area contributed by atoms with Gasteiger partial charge in [-0.05, 0) is 54.5 Å². The Morgan fingerprint density at radius 1 is 0.848 bits per heavy atom. The van der Waals surface area contributed by atoms with Crippen molar-refractivity contribution in [2.24, 2.45) is 5.73 Å². The highest BCUT2D eigenvalue weighted by Crippen LogP contribution is 2.27. The fourth-order valence-corrected chi connectivity index (χ4v) is 4.74. The predicted octanol–water partition coefficient (Wildman–Crippen LogP) is 5.86. The zero-order chi connectivity index (χ0) is 23.2. The van der Waals surface area contributed by atoms with Crippen molar-refractivity contribution in [1.82, 2.24) is 5.32 Å². The first-order valence-corrected chi connectivity index (χ1v) is 13.3. The summed E-state index contributed by atoms with van der Waals surface area (Å²) < 4.78 is 5.94. The third kappa shape index (κ3) is 8.98. The number of hydrogen-bond donors (Lipinski definition) is 2. The summed E-state index contributed by atoms with van der Waals surface area (Å²) in [4.78, 5) is 0. The molecule has 33 heavy (non-hydrogen) atoms. The number of hydrogen-bond acceptors (Lipinski definition) is 4. The highest BCUT2D eigenvalue weighted by atomic mass is 32.2. The third-order valence-corrected chi connectivity index (χ3v) is 6.76. The monoisotopic (exact) mass is 462 g/mol. The van der Waals surface area contributed by atoms with Gasteiger partial charge in [0.25, 0.3) is 0 Å². The molecular formula is C29H38N2OS. The van der Waals surface area contributed by atoms with E-state index in [1.165, 1.54) is 16.7 Å². The van der Waals surface area contributed by atoms with Crippen LogP contribution >= 0.6 is 11.8 Å². The van der Waals surface area contributed by atoms with Gasteiger partial charge in [0.05, 0.1) is 6.61 Å². The molecule has 0 spiro atoms. The molecule has 3 aromatic rings. The predicted molar refractivity (Wildman–Crippen MR) is 143 cm³/mol. The topological polar surface area (TPSA) is 47.3 Å². The minimum atomic E-state index is -0.255. The van der Waals surface area contributed by atoms with Crippen LogP contribution in [0.15, 0.2) is 91.0 Å². The van der Waals surface area contributed by atoms with Crippen LogP contribution in [0.3, 0.4) is 0 Å². The number of nitrogens with two attached hydrogens (primary N) is 1. The van der Waals surface area contributed by atoms with Gasteiger partial charge in [-0.15, -0.1) is 0 Å². The molecule has 0 saturated heterocycles. The van der Waals surface area contributed by atoms with Crippen molar-refractivity contribution in [2.75, 3.05) is 31.7 Å². The second kappa shape index (κ2) is 14.2. The Morgan fingerprint density at radius 3 is 2.00 bits per heavy atom. The second-order valence-electron chi connectivity index (χ2n) is 8.73. The lowest BCUT2D eigenvalue weighted by Gasteiger charge is -2.30. The van der Waals surface area contributed by atoms with Crippen LogP contribution in [-0.4, -0.2) is 37.2 Å². The summed E-state index contributed by atoms with van der Waals surface area (Å²) in [6.07, 6.45) is 5.02. The molecule has 3 N–H and O–H groups in total.